The third kappa shape index (κ3) is 3.45. The van der Waals surface area contributed by atoms with Crippen LogP contribution in [-0.4, -0.2) is 16.1 Å². The predicted octanol–water partition coefficient (Wildman–Crippen LogP) is 4.56. The number of aromatic nitrogens is 1. The number of alkyl halides is 3. The standard InChI is InChI=1S/C18H14F3NO3/c1-10-16(14-8-13(23)6-7-15(14)22-10)17(24)25-9-11-2-4-12(5-3-11)18(19,20)21/h2-8,22-23H,9H2,1H3. The van der Waals surface area contributed by atoms with Crippen LogP contribution in [0.5, 0.6) is 5.75 Å². The number of fused-ring (bicyclic) bond motifs is 1. The Kier molecular flexibility index (Phi) is 4.16. The van der Waals surface area contributed by atoms with Gasteiger partial charge in [0.2, 0.25) is 0 Å². The van der Waals surface area contributed by atoms with Crippen molar-refractivity contribution in [2.45, 2.75) is 19.7 Å². The smallest absolute Gasteiger partial charge is 0.416 e. The van der Waals surface area contributed by atoms with Crippen LogP contribution in [0.1, 0.15) is 27.2 Å². The topological polar surface area (TPSA) is 62.3 Å². The van der Waals surface area contributed by atoms with Gasteiger partial charge in [-0.15, -0.1) is 0 Å². The van der Waals surface area contributed by atoms with Gasteiger partial charge in [-0.2, -0.15) is 13.2 Å². The molecule has 130 valence electrons. The molecule has 0 radical (unpaired) electrons. The zero-order valence-corrected chi connectivity index (χ0v) is 13.1. The monoisotopic (exact) mass is 349 g/mol. The summed E-state index contributed by atoms with van der Waals surface area (Å²) in [6.45, 7) is 1.55. The molecule has 25 heavy (non-hydrogen) atoms. The average molecular weight is 349 g/mol. The van der Waals surface area contributed by atoms with E-state index in [9.17, 15) is 23.1 Å². The number of rotatable bonds is 3. The number of esters is 1. The summed E-state index contributed by atoms with van der Waals surface area (Å²) in [6.07, 6.45) is -4.40. The first kappa shape index (κ1) is 16.9. The second-order valence-corrected chi connectivity index (χ2v) is 5.63. The first-order valence-electron chi connectivity index (χ1n) is 7.40. The van der Waals surface area contributed by atoms with E-state index < -0.39 is 17.7 Å². The van der Waals surface area contributed by atoms with Gasteiger partial charge in [0.25, 0.3) is 0 Å². The molecule has 0 saturated heterocycles. The van der Waals surface area contributed by atoms with Gasteiger partial charge in [-0.3, -0.25) is 0 Å². The quantitative estimate of drug-likeness (QED) is 0.682. The molecule has 0 amide bonds. The third-order valence-electron chi connectivity index (χ3n) is 3.82. The minimum atomic E-state index is -4.40. The van der Waals surface area contributed by atoms with Crippen molar-refractivity contribution >= 4 is 16.9 Å². The highest BCUT2D eigenvalue weighted by Gasteiger charge is 2.30. The van der Waals surface area contributed by atoms with Gasteiger partial charge < -0.3 is 14.8 Å². The Hall–Kier alpha value is -2.96. The van der Waals surface area contributed by atoms with Crippen molar-refractivity contribution in [1.82, 2.24) is 4.98 Å². The van der Waals surface area contributed by atoms with Crippen molar-refractivity contribution in [3.8, 4) is 5.75 Å². The van der Waals surface area contributed by atoms with Crippen LogP contribution >= 0.6 is 0 Å². The molecule has 2 N–H and O–H groups in total. The lowest BCUT2D eigenvalue weighted by atomic mass is 10.1. The first-order chi connectivity index (χ1) is 11.8. The lowest BCUT2D eigenvalue weighted by molar-refractivity contribution is -0.137. The third-order valence-corrected chi connectivity index (χ3v) is 3.82. The number of aryl methyl sites for hydroxylation is 1. The Morgan fingerprint density at radius 2 is 1.84 bits per heavy atom. The van der Waals surface area contributed by atoms with Gasteiger partial charge in [0.05, 0.1) is 11.1 Å². The summed E-state index contributed by atoms with van der Waals surface area (Å²) in [5.74, 6) is -0.600. The Morgan fingerprint density at radius 3 is 2.48 bits per heavy atom. The lowest BCUT2D eigenvalue weighted by Crippen LogP contribution is -2.07. The van der Waals surface area contributed by atoms with Gasteiger partial charge in [-0.25, -0.2) is 4.79 Å². The van der Waals surface area contributed by atoms with Crippen LogP contribution in [0.15, 0.2) is 42.5 Å². The Bertz CT molecular complexity index is 927. The fourth-order valence-electron chi connectivity index (χ4n) is 2.59. The maximum atomic E-state index is 12.5. The fourth-order valence-corrected chi connectivity index (χ4v) is 2.59. The summed E-state index contributed by atoms with van der Waals surface area (Å²) in [5.41, 5.74) is 1.24. The molecule has 0 atom stereocenters. The van der Waals surface area contributed by atoms with Gasteiger partial charge in [0, 0.05) is 16.6 Å². The Labute approximate surface area is 140 Å². The molecule has 0 spiro atoms. The number of aromatic amines is 1. The Balaban J connectivity index is 1.77. The number of carbonyl (C=O) groups excluding carboxylic acids is 1. The van der Waals surface area contributed by atoms with Crippen LogP contribution in [0, 0.1) is 6.92 Å². The minimum absolute atomic E-state index is 0.0169. The van der Waals surface area contributed by atoms with Crippen molar-refractivity contribution < 1.29 is 27.8 Å². The molecular weight excluding hydrogens is 335 g/mol. The molecule has 0 fully saturated rings. The number of nitrogens with one attached hydrogen (secondary N) is 1. The number of hydrogen-bond donors (Lipinski definition) is 2. The largest absolute Gasteiger partial charge is 0.508 e. The summed E-state index contributed by atoms with van der Waals surface area (Å²) in [7, 11) is 0. The van der Waals surface area contributed by atoms with E-state index in [-0.39, 0.29) is 17.9 Å². The van der Waals surface area contributed by atoms with E-state index in [0.717, 1.165) is 12.1 Å². The average Bonchev–Trinajstić information content (AvgIpc) is 2.87. The summed E-state index contributed by atoms with van der Waals surface area (Å²) < 4.78 is 42.8. The summed E-state index contributed by atoms with van der Waals surface area (Å²) in [6, 6.07) is 9.01. The molecule has 7 heteroatoms. The van der Waals surface area contributed by atoms with Gasteiger partial charge in [0.15, 0.2) is 0 Å². The minimum Gasteiger partial charge on any atom is -0.508 e. The second-order valence-electron chi connectivity index (χ2n) is 5.63. The number of ether oxygens (including phenoxy) is 1. The van der Waals surface area contributed by atoms with Gasteiger partial charge in [-0.05, 0) is 42.8 Å². The summed E-state index contributed by atoms with van der Waals surface area (Å²) in [5, 5.41) is 10.1. The van der Waals surface area contributed by atoms with Crippen LogP contribution < -0.4 is 0 Å². The normalized spacial score (nSPS) is 11.7. The molecule has 0 bridgehead atoms. The lowest BCUT2D eigenvalue weighted by Gasteiger charge is -2.08. The molecule has 0 aliphatic heterocycles. The number of hydrogen-bond acceptors (Lipinski definition) is 3. The maximum absolute atomic E-state index is 12.5. The molecule has 1 heterocycles. The van der Waals surface area contributed by atoms with E-state index in [0.29, 0.717) is 22.2 Å². The molecule has 0 aliphatic carbocycles. The van der Waals surface area contributed by atoms with E-state index in [1.165, 1.54) is 24.3 Å². The van der Waals surface area contributed by atoms with E-state index in [4.69, 9.17) is 4.74 Å². The van der Waals surface area contributed by atoms with Gasteiger partial charge >= 0.3 is 12.1 Å². The van der Waals surface area contributed by atoms with Gasteiger partial charge in [0.1, 0.15) is 12.4 Å². The molecular formula is C18H14F3NO3. The number of H-pyrrole nitrogens is 1. The number of benzene rings is 2. The first-order valence-corrected chi connectivity index (χ1v) is 7.40. The highest BCUT2D eigenvalue weighted by molar-refractivity contribution is 6.05. The van der Waals surface area contributed by atoms with E-state index >= 15 is 0 Å². The Morgan fingerprint density at radius 1 is 1.16 bits per heavy atom. The highest BCUT2D eigenvalue weighted by Crippen LogP contribution is 2.29. The molecule has 0 unspecified atom stereocenters. The number of carbonyl (C=O) groups is 1. The van der Waals surface area contributed by atoms with Crippen molar-refractivity contribution in [3.63, 3.8) is 0 Å². The van der Waals surface area contributed by atoms with Crippen molar-refractivity contribution in [2.75, 3.05) is 0 Å². The summed E-state index contributed by atoms with van der Waals surface area (Å²) >= 11 is 0. The predicted molar refractivity (Wildman–Crippen MR) is 85.3 cm³/mol. The van der Waals surface area contributed by atoms with Crippen LogP contribution in [0.3, 0.4) is 0 Å². The van der Waals surface area contributed by atoms with Crippen LogP contribution in [0.25, 0.3) is 10.9 Å². The number of halogens is 3. The molecule has 0 aliphatic rings. The molecule has 3 rings (SSSR count). The SMILES string of the molecule is Cc1[nH]c2ccc(O)cc2c1C(=O)OCc1ccc(C(F)(F)F)cc1. The van der Waals surface area contributed by atoms with Crippen LogP contribution in [0.4, 0.5) is 13.2 Å². The number of phenolic OH excluding ortho intramolecular Hbond substituents is 1. The molecule has 1 aromatic heterocycles. The molecule has 4 nitrogen and oxygen atoms in total. The zero-order chi connectivity index (χ0) is 18.2. The van der Waals surface area contributed by atoms with Crippen molar-refractivity contribution in [3.05, 3.63) is 64.8 Å². The molecule has 2 aromatic carbocycles. The van der Waals surface area contributed by atoms with E-state index in [1.54, 1.807) is 13.0 Å². The zero-order valence-electron chi connectivity index (χ0n) is 13.1. The molecule has 0 saturated carbocycles. The van der Waals surface area contributed by atoms with Gasteiger partial charge in [-0.1, -0.05) is 12.1 Å². The highest BCUT2D eigenvalue weighted by atomic mass is 19.4. The fraction of sp³-hybridized carbons (Fsp3) is 0.167. The van der Waals surface area contributed by atoms with Crippen LogP contribution in [0.2, 0.25) is 0 Å². The van der Waals surface area contributed by atoms with E-state index in [1.807, 2.05) is 0 Å². The number of aromatic hydroxyl groups is 1. The molecule has 3 aromatic rings. The maximum Gasteiger partial charge on any atom is 0.416 e. The van der Waals surface area contributed by atoms with Crippen LogP contribution in [-0.2, 0) is 17.5 Å². The van der Waals surface area contributed by atoms with Crippen molar-refractivity contribution in [1.29, 1.82) is 0 Å². The number of phenols is 1. The van der Waals surface area contributed by atoms with Crippen molar-refractivity contribution in [2.24, 2.45) is 0 Å². The summed E-state index contributed by atoms with van der Waals surface area (Å²) in [4.78, 5) is 15.4. The van der Waals surface area contributed by atoms with E-state index in [2.05, 4.69) is 4.98 Å². The second kappa shape index (κ2) is 6.16.